The van der Waals surface area contributed by atoms with Gasteiger partial charge in [-0.25, -0.2) is 4.79 Å². The number of aryl methyl sites for hydroxylation is 1. The first-order valence-corrected chi connectivity index (χ1v) is 10.1. The van der Waals surface area contributed by atoms with Gasteiger partial charge in [-0.2, -0.15) is 0 Å². The topological polar surface area (TPSA) is 66.8 Å². The Kier molecular flexibility index (Phi) is 7.91. The first-order valence-electron chi connectivity index (χ1n) is 10.1. The number of hydrogen-bond acceptors (Lipinski definition) is 3. The smallest absolute Gasteiger partial charge is 0.331 e. The summed E-state index contributed by atoms with van der Waals surface area (Å²) in [4.78, 5) is 10.8. The highest BCUT2D eigenvalue weighted by Gasteiger charge is 2.30. The van der Waals surface area contributed by atoms with E-state index in [0.717, 1.165) is 55.7 Å². The van der Waals surface area contributed by atoms with E-state index in [9.17, 15) is 9.90 Å². The molecule has 2 rings (SSSR count). The highest BCUT2D eigenvalue weighted by Crippen LogP contribution is 2.47. The molecule has 1 aliphatic carbocycles. The van der Waals surface area contributed by atoms with Crippen LogP contribution in [0.2, 0.25) is 0 Å². The van der Waals surface area contributed by atoms with Crippen LogP contribution < -0.4 is 4.74 Å². The van der Waals surface area contributed by atoms with Gasteiger partial charge < -0.3 is 14.9 Å². The monoisotopic (exact) mass is 384 g/mol. The summed E-state index contributed by atoms with van der Waals surface area (Å²) in [6, 6.07) is 3.76. The molecule has 2 atom stereocenters. The van der Waals surface area contributed by atoms with Crippen LogP contribution in [0.15, 0.2) is 48.3 Å². The number of ether oxygens (including phenoxy) is 1. The van der Waals surface area contributed by atoms with Crippen molar-refractivity contribution >= 4 is 5.97 Å². The average molecular weight is 385 g/mol. The van der Waals surface area contributed by atoms with Crippen molar-refractivity contribution in [3.8, 4) is 11.5 Å². The van der Waals surface area contributed by atoms with Crippen molar-refractivity contribution in [2.24, 2.45) is 5.92 Å². The van der Waals surface area contributed by atoms with Gasteiger partial charge in [-0.3, -0.25) is 0 Å². The molecule has 0 spiro atoms. The summed E-state index contributed by atoms with van der Waals surface area (Å²) < 4.78 is 5.71. The fraction of sp³-hybridized carbons (Fsp3) is 0.458. The van der Waals surface area contributed by atoms with Crippen molar-refractivity contribution in [1.29, 1.82) is 0 Å². The number of aliphatic carboxylic acids is 1. The zero-order valence-electron chi connectivity index (χ0n) is 17.2. The number of allylic oxidation sites excluding steroid dienone is 3. The number of unbranched alkanes of at least 4 members (excludes halogenated alkanes) is 2. The van der Waals surface area contributed by atoms with E-state index in [1.807, 2.05) is 19.1 Å². The van der Waals surface area contributed by atoms with E-state index >= 15 is 0 Å². The molecular formula is C24H32O4. The summed E-state index contributed by atoms with van der Waals surface area (Å²) in [7, 11) is 0. The molecule has 0 radical (unpaired) electrons. The Bertz CT molecular complexity index is 773. The zero-order chi connectivity index (χ0) is 20.7. The molecule has 0 fully saturated rings. The van der Waals surface area contributed by atoms with Crippen LogP contribution in [0.4, 0.5) is 0 Å². The summed E-state index contributed by atoms with van der Waals surface area (Å²) in [5, 5.41) is 19.8. The van der Waals surface area contributed by atoms with Gasteiger partial charge in [0, 0.05) is 11.5 Å². The highest BCUT2D eigenvalue weighted by molar-refractivity contribution is 5.79. The Labute approximate surface area is 168 Å². The predicted octanol–water partition coefficient (Wildman–Crippen LogP) is 6.12. The van der Waals surface area contributed by atoms with Crippen LogP contribution in [0.5, 0.6) is 11.5 Å². The quantitative estimate of drug-likeness (QED) is 0.233. The normalized spacial score (nSPS) is 19.5. The Morgan fingerprint density at radius 2 is 2.11 bits per heavy atom. The first-order chi connectivity index (χ1) is 13.3. The maximum absolute atomic E-state index is 10.9. The maximum atomic E-state index is 10.9. The van der Waals surface area contributed by atoms with Crippen LogP contribution in [0.25, 0.3) is 0 Å². The van der Waals surface area contributed by atoms with Crippen LogP contribution in [0, 0.1) is 5.92 Å². The lowest BCUT2D eigenvalue weighted by Crippen LogP contribution is -2.17. The number of hydrogen-bond donors (Lipinski definition) is 2. The van der Waals surface area contributed by atoms with Crippen molar-refractivity contribution in [2.75, 3.05) is 0 Å². The SMILES string of the molecule is C=C(C)[C@@H]1CCC(C)=C[C@H]1c1c(O)cc(CCCCC)cc1O/C=C/C(=O)O. The molecule has 0 amide bonds. The van der Waals surface area contributed by atoms with E-state index in [1.165, 1.54) is 11.8 Å². The molecule has 2 N–H and O–H groups in total. The molecule has 0 unspecified atom stereocenters. The molecule has 0 bridgehead atoms. The molecule has 0 saturated carbocycles. The molecule has 0 saturated heterocycles. The Morgan fingerprint density at radius 1 is 1.36 bits per heavy atom. The minimum Gasteiger partial charge on any atom is -0.507 e. The van der Waals surface area contributed by atoms with Crippen LogP contribution in [0.3, 0.4) is 0 Å². The third-order valence-electron chi connectivity index (χ3n) is 5.37. The van der Waals surface area contributed by atoms with E-state index in [0.29, 0.717) is 11.3 Å². The number of carboxylic acid groups (broad SMARTS) is 1. The summed E-state index contributed by atoms with van der Waals surface area (Å²) in [5.74, 6) is -0.172. The Balaban J connectivity index is 2.48. The Morgan fingerprint density at radius 3 is 2.75 bits per heavy atom. The van der Waals surface area contributed by atoms with Gasteiger partial charge in [0.15, 0.2) is 0 Å². The molecular weight excluding hydrogens is 352 g/mol. The fourth-order valence-electron chi connectivity index (χ4n) is 3.90. The molecule has 0 aliphatic heterocycles. The predicted molar refractivity (Wildman–Crippen MR) is 113 cm³/mol. The molecule has 1 aromatic carbocycles. The van der Waals surface area contributed by atoms with E-state index < -0.39 is 5.97 Å². The summed E-state index contributed by atoms with van der Waals surface area (Å²) in [6.07, 6.45) is 10.4. The second-order valence-electron chi connectivity index (χ2n) is 7.77. The van der Waals surface area contributed by atoms with E-state index in [1.54, 1.807) is 0 Å². The summed E-state index contributed by atoms with van der Waals surface area (Å²) in [6.45, 7) is 10.4. The van der Waals surface area contributed by atoms with E-state index in [4.69, 9.17) is 9.84 Å². The lowest BCUT2D eigenvalue weighted by molar-refractivity contribution is -0.131. The summed E-state index contributed by atoms with van der Waals surface area (Å²) >= 11 is 0. The van der Waals surface area contributed by atoms with Gasteiger partial charge in [-0.15, -0.1) is 0 Å². The molecule has 4 nitrogen and oxygen atoms in total. The van der Waals surface area contributed by atoms with Crippen molar-refractivity contribution in [3.05, 3.63) is 59.4 Å². The number of carboxylic acids is 1. The van der Waals surface area contributed by atoms with Crippen LogP contribution >= 0.6 is 0 Å². The van der Waals surface area contributed by atoms with Gasteiger partial charge in [0.1, 0.15) is 11.5 Å². The fourth-order valence-corrected chi connectivity index (χ4v) is 3.90. The first kappa shape index (κ1) is 21.8. The van der Waals surface area contributed by atoms with Gasteiger partial charge in [-0.1, -0.05) is 43.6 Å². The highest BCUT2D eigenvalue weighted by atomic mass is 16.5. The molecule has 0 heterocycles. The van der Waals surface area contributed by atoms with Gasteiger partial charge >= 0.3 is 5.97 Å². The number of phenols is 1. The van der Waals surface area contributed by atoms with Crippen molar-refractivity contribution < 1.29 is 19.7 Å². The number of benzene rings is 1. The summed E-state index contributed by atoms with van der Waals surface area (Å²) in [5.41, 5.74) is 4.06. The number of aromatic hydroxyl groups is 1. The third-order valence-corrected chi connectivity index (χ3v) is 5.37. The number of rotatable bonds is 9. The molecule has 152 valence electrons. The van der Waals surface area contributed by atoms with Gasteiger partial charge in [0.2, 0.25) is 0 Å². The minimum absolute atomic E-state index is 0.0378. The van der Waals surface area contributed by atoms with Crippen LogP contribution in [0.1, 0.15) is 69.9 Å². The maximum Gasteiger partial charge on any atom is 0.331 e. The average Bonchev–Trinajstić information content (AvgIpc) is 2.61. The van der Waals surface area contributed by atoms with Gasteiger partial charge in [0.25, 0.3) is 0 Å². The zero-order valence-corrected chi connectivity index (χ0v) is 17.2. The van der Waals surface area contributed by atoms with Crippen molar-refractivity contribution in [2.45, 2.75) is 65.2 Å². The lowest BCUT2D eigenvalue weighted by Gasteiger charge is -2.32. The lowest BCUT2D eigenvalue weighted by atomic mass is 9.73. The van der Waals surface area contributed by atoms with Crippen LogP contribution in [-0.2, 0) is 11.2 Å². The van der Waals surface area contributed by atoms with Crippen molar-refractivity contribution in [1.82, 2.24) is 0 Å². The molecule has 0 aromatic heterocycles. The third kappa shape index (κ3) is 5.75. The van der Waals surface area contributed by atoms with E-state index in [-0.39, 0.29) is 17.6 Å². The van der Waals surface area contributed by atoms with Gasteiger partial charge in [-0.05, 0) is 63.1 Å². The molecule has 4 heteroatoms. The second-order valence-corrected chi connectivity index (χ2v) is 7.77. The largest absolute Gasteiger partial charge is 0.507 e. The van der Waals surface area contributed by atoms with E-state index in [2.05, 4.69) is 26.5 Å². The second kappa shape index (κ2) is 10.2. The molecule has 1 aliphatic rings. The van der Waals surface area contributed by atoms with Gasteiger partial charge in [0.05, 0.1) is 12.3 Å². The molecule has 28 heavy (non-hydrogen) atoms. The Hall–Kier alpha value is -2.49. The standard InChI is InChI=1S/C24H32O4/c1-5-6-7-8-18-14-21(25)24(22(15-18)28-12-11-23(26)27)20-13-17(4)9-10-19(20)16(2)3/h11-15,19-20,25H,2,5-10H2,1,3-4H3,(H,26,27)/b12-11+/t19-,20+/m0/s1. The number of carbonyl (C=O) groups is 1. The minimum atomic E-state index is -1.07. The number of phenolic OH excluding ortho intramolecular Hbond substituents is 1. The van der Waals surface area contributed by atoms with Crippen molar-refractivity contribution in [3.63, 3.8) is 0 Å². The molecule has 1 aromatic rings. The van der Waals surface area contributed by atoms with Crippen LogP contribution in [-0.4, -0.2) is 16.2 Å².